The number of hydrogen-bond acceptors (Lipinski definition) is 2. The Morgan fingerprint density at radius 2 is 1.48 bits per heavy atom. The maximum Gasteiger partial charge on any atom is 0.255 e. The molecule has 1 unspecified atom stereocenters. The lowest BCUT2D eigenvalue weighted by Gasteiger charge is -2.11. The zero-order chi connectivity index (χ0) is 16.8. The number of rotatable bonds is 5. The van der Waals surface area contributed by atoms with Crippen LogP contribution in [-0.2, 0) is 0 Å². The summed E-state index contributed by atoms with van der Waals surface area (Å²) in [6, 6.07) is 14.1. The minimum atomic E-state index is -0.207. The molecular formula is C18H19BrN2O2. The Morgan fingerprint density at radius 3 is 2.00 bits per heavy atom. The number of carbonyl (C=O) groups is 2. The monoisotopic (exact) mass is 374 g/mol. The lowest BCUT2D eigenvalue weighted by molar-refractivity contribution is 0.0937. The van der Waals surface area contributed by atoms with Crippen LogP contribution in [0.25, 0.3) is 0 Å². The molecule has 0 saturated heterocycles. The summed E-state index contributed by atoms with van der Waals surface area (Å²) >= 11 is 3.35. The van der Waals surface area contributed by atoms with Crippen molar-refractivity contribution in [2.45, 2.75) is 26.3 Å². The standard InChI is InChI=1S/C18H19BrN2O2/c1-3-12(2)20-17(22)13-4-6-14(7-5-13)18(23)21-16-10-8-15(19)9-11-16/h4-12H,3H2,1-2H3,(H,20,22)(H,21,23). The number of carbonyl (C=O) groups excluding carboxylic acids is 2. The first kappa shape index (κ1) is 17.2. The van der Waals surface area contributed by atoms with Gasteiger partial charge < -0.3 is 10.6 Å². The van der Waals surface area contributed by atoms with Crippen molar-refractivity contribution in [3.63, 3.8) is 0 Å². The molecule has 2 aromatic rings. The van der Waals surface area contributed by atoms with Crippen molar-refractivity contribution in [1.82, 2.24) is 5.32 Å². The largest absolute Gasteiger partial charge is 0.350 e. The third-order valence-corrected chi connectivity index (χ3v) is 4.03. The average Bonchev–Trinajstić information content (AvgIpc) is 2.56. The quantitative estimate of drug-likeness (QED) is 0.822. The zero-order valence-corrected chi connectivity index (χ0v) is 14.7. The second kappa shape index (κ2) is 7.92. The van der Waals surface area contributed by atoms with Crippen molar-refractivity contribution in [2.24, 2.45) is 0 Å². The summed E-state index contributed by atoms with van der Waals surface area (Å²) in [4.78, 5) is 24.2. The van der Waals surface area contributed by atoms with Crippen LogP contribution < -0.4 is 10.6 Å². The highest BCUT2D eigenvalue weighted by Gasteiger charge is 2.10. The van der Waals surface area contributed by atoms with E-state index in [0.29, 0.717) is 11.1 Å². The smallest absolute Gasteiger partial charge is 0.255 e. The number of nitrogens with one attached hydrogen (secondary N) is 2. The van der Waals surface area contributed by atoms with Crippen LogP contribution in [0.15, 0.2) is 53.0 Å². The molecule has 2 amide bonds. The SMILES string of the molecule is CCC(C)NC(=O)c1ccc(C(=O)Nc2ccc(Br)cc2)cc1. The Morgan fingerprint density at radius 1 is 0.957 bits per heavy atom. The summed E-state index contributed by atoms with van der Waals surface area (Å²) in [7, 11) is 0. The van der Waals surface area contributed by atoms with Crippen LogP contribution in [0, 0.1) is 0 Å². The molecular weight excluding hydrogens is 356 g/mol. The molecule has 120 valence electrons. The Kier molecular flexibility index (Phi) is 5.93. The summed E-state index contributed by atoms with van der Waals surface area (Å²) in [5.74, 6) is -0.333. The number of halogens is 1. The molecule has 0 aromatic heterocycles. The second-order valence-corrected chi connectivity index (χ2v) is 6.24. The normalized spacial score (nSPS) is 11.6. The molecule has 23 heavy (non-hydrogen) atoms. The van der Waals surface area contributed by atoms with Gasteiger partial charge in [0.1, 0.15) is 0 Å². The van der Waals surface area contributed by atoms with Gasteiger partial charge in [-0.2, -0.15) is 0 Å². The first-order valence-corrected chi connectivity index (χ1v) is 8.26. The summed E-state index contributed by atoms with van der Waals surface area (Å²) in [6.07, 6.45) is 0.874. The van der Waals surface area contributed by atoms with Crippen molar-refractivity contribution >= 4 is 33.4 Å². The van der Waals surface area contributed by atoms with E-state index in [1.807, 2.05) is 38.1 Å². The van der Waals surface area contributed by atoms with Gasteiger partial charge in [0, 0.05) is 27.3 Å². The van der Waals surface area contributed by atoms with E-state index >= 15 is 0 Å². The Balaban J connectivity index is 2.02. The van der Waals surface area contributed by atoms with Gasteiger partial charge in [-0.1, -0.05) is 22.9 Å². The number of benzene rings is 2. The van der Waals surface area contributed by atoms with Gasteiger partial charge in [0.05, 0.1) is 0 Å². The van der Waals surface area contributed by atoms with Gasteiger partial charge in [-0.25, -0.2) is 0 Å². The van der Waals surface area contributed by atoms with Crippen molar-refractivity contribution in [3.8, 4) is 0 Å². The number of amides is 2. The highest BCUT2D eigenvalue weighted by molar-refractivity contribution is 9.10. The molecule has 0 aliphatic carbocycles. The van der Waals surface area contributed by atoms with Crippen LogP contribution in [0.1, 0.15) is 41.0 Å². The molecule has 4 nitrogen and oxygen atoms in total. The maximum atomic E-state index is 12.2. The second-order valence-electron chi connectivity index (χ2n) is 5.32. The molecule has 5 heteroatoms. The maximum absolute atomic E-state index is 12.2. The number of anilines is 1. The van der Waals surface area contributed by atoms with Crippen molar-refractivity contribution in [1.29, 1.82) is 0 Å². The molecule has 2 N–H and O–H groups in total. The molecule has 0 heterocycles. The fourth-order valence-electron chi connectivity index (χ4n) is 1.92. The van der Waals surface area contributed by atoms with Crippen LogP contribution in [-0.4, -0.2) is 17.9 Å². The fourth-order valence-corrected chi connectivity index (χ4v) is 2.18. The van der Waals surface area contributed by atoms with Crippen molar-refractivity contribution in [3.05, 3.63) is 64.1 Å². The van der Waals surface area contributed by atoms with E-state index in [0.717, 1.165) is 16.6 Å². The minimum Gasteiger partial charge on any atom is -0.350 e. The minimum absolute atomic E-state index is 0.126. The molecule has 0 saturated carbocycles. The van der Waals surface area contributed by atoms with Crippen LogP contribution >= 0.6 is 15.9 Å². The summed E-state index contributed by atoms with van der Waals surface area (Å²) in [5.41, 5.74) is 1.77. The fraction of sp³-hybridized carbons (Fsp3) is 0.222. The number of hydrogen-bond donors (Lipinski definition) is 2. The molecule has 2 aromatic carbocycles. The molecule has 1 atom stereocenters. The van der Waals surface area contributed by atoms with Crippen LogP contribution in [0.2, 0.25) is 0 Å². The van der Waals surface area contributed by atoms with Crippen LogP contribution in [0.5, 0.6) is 0 Å². The van der Waals surface area contributed by atoms with E-state index in [-0.39, 0.29) is 17.9 Å². The third kappa shape index (κ3) is 4.93. The molecule has 0 fully saturated rings. The molecule has 0 bridgehead atoms. The first-order chi connectivity index (χ1) is 11.0. The van der Waals surface area contributed by atoms with Crippen molar-refractivity contribution < 1.29 is 9.59 Å². The average molecular weight is 375 g/mol. The molecule has 0 aliphatic heterocycles. The van der Waals surface area contributed by atoms with E-state index in [9.17, 15) is 9.59 Å². The summed E-state index contributed by atoms with van der Waals surface area (Å²) < 4.78 is 0.951. The van der Waals surface area contributed by atoms with E-state index in [1.165, 1.54) is 0 Å². The van der Waals surface area contributed by atoms with Gasteiger partial charge in [0.2, 0.25) is 0 Å². The highest BCUT2D eigenvalue weighted by Crippen LogP contribution is 2.15. The zero-order valence-electron chi connectivity index (χ0n) is 13.1. The Bertz CT molecular complexity index is 681. The first-order valence-electron chi connectivity index (χ1n) is 7.47. The van der Waals surface area contributed by atoms with E-state index in [2.05, 4.69) is 26.6 Å². The van der Waals surface area contributed by atoms with Gasteiger partial charge in [-0.3, -0.25) is 9.59 Å². The summed E-state index contributed by atoms with van der Waals surface area (Å²) in [5, 5.41) is 5.71. The third-order valence-electron chi connectivity index (χ3n) is 3.50. The van der Waals surface area contributed by atoms with E-state index in [1.54, 1.807) is 24.3 Å². The molecule has 0 aliphatic rings. The molecule has 0 spiro atoms. The lowest BCUT2D eigenvalue weighted by Crippen LogP contribution is -2.31. The Hall–Kier alpha value is -2.14. The summed E-state index contributed by atoms with van der Waals surface area (Å²) in [6.45, 7) is 3.97. The molecule has 0 radical (unpaired) electrons. The van der Waals surface area contributed by atoms with Gasteiger partial charge in [-0.05, 0) is 61.9 Å². The van der Waals surface area contributed by atoms with Gasteiger partial charge in [0.25, 0.3) is 11.8 Å². The molecule has 2 rings (SSSR count). The highest BCUT2D eigenvalue weighted by atomic mass is 79.9. The van der Waals surface area contributed by atoms with Gasteiger partial charge in [-0.15, -0.1) is 0 Å². The Labute approximate surface area is 144 Å². The predicted molar refractivity (Wildman–Crippen MR) is 95.8 cm³/mol. The van der Waals surface area contributed by atoms with Crippen LogP contribution in [0.3, 0.4) is 0 Å². The van der Waals surface area contributed by atoms with Gasteiger partial charge in [0.15, 0.2) is 0 Å². The van der Waals surface area contributed by atoms with Gasteiger partial charge >= 0.3 is 0 Å². The lowest BCUT2D eigenvalue weighted by atomic mass is 10.1. The van der Waals surface area contributed by atoms with Crippen molar-refractivity contribution in [2.75, 3.05) is 5.32 Å². The predicted octanol–water partition coefficient (Wildman–Crippen LogP) is 4.23. The van der Waals surface area contributed by atoms with Crippen LogP contribution in [0.4, 0.5) is 5.69 Å². The topological polar surface area (TPSA) is 58.2 Å². The van der Waals surface area contributed by atoms with E-state index < -0.39 is 0 Å². The van der Waals surface area contributed by atoms with E-state index in [4.69, 9.17) is 0 Å².